The molecule has 0 radical (unpaired) electrons. The third-order valence-corrected chi connectivity index (χ3v) is 3.60. The van der Waals surface area contributed by atoms with Crippen molar-refractivity contribution in [1.29, 1.82) is 0 Å². The second kappa shape index (κ2) is 5.22. The quantitative estimate of drug-likeness (QED) is 0.829. The topological polar surface area (TPSA) is 92.2 Å². The lowest BCUT2D eigenvalue weighted by molar-refractivity contribution is -0.142. The predicted octanol–water partition coefficient (Wildman–Crippen LogP) is 0.769. The minimum atomic E-state index is -0.767. The van der Waals surface area contributed by atoms with Crippen molar-refractivity contribution in [2.24, 2.45) is 11.8 Å². The summed E-state index contributed by atoms with van der Waals surface area (Å²) < 4.78 is 3.60. The number of rotatable bonds is 4. The minimum Gasteiger partial charge on any atom is -0.481 e. The molecule has 0 aromatic carbocycles. The van der Waals surface area contributed by atoms with E-state index in [2.05, 4.69) is 14.9 Å². The summed E-state index contributed by atoms with van der Waals surface area (Å²) >= 11 is 1.12. The van der Waals surface area contributed by atoms with Gasteiger partial charge in [-0.3, -0.25) is 9.59 Å². The number of carbonyl (C=O) groups is 2. The molecule has 1 aliphatic carbocycles. The van der Waals surface area contributed by atoms with Gasteiger partial charge in [0, 0.05) is 11.9 Å². The Morgan fingerprint density at radius 3 is 3.00 bits per heavy atom. The SMILES string of the molecule is O=C(NCC1CCCC1C(=O)O)c1csnn1. The molecule has 0 bridgehead atoms. The van der Waals surface area contributed by atoms with Crippen LogP contribution in [0.3, 0.4) is 0 Å². The summed E-state index contributed by atoms with van der Waals surface area (Å²) in [6.45, 7) is 0.396. The van der Waals surface area contributed by atoms with Gasteiger partial charge >= 0.3 is 5.97 Å². The molecule has 1 amide bonds. The summed E-state index contributed by atoms with van der Waals surface area (Å²) in [6, 6.07) is 0. The van der Waals surface area contributed by atoms with Gasteiger partial charge < -0.3 is 10.4 Å². The Labute approximate surface area is 102 Å². The largest absolute Gasteiger partial charge is 0.481 e. The molecule has 1 aromatic heterocycles. The highest BCUT2D eigenvalue weighted by Crippen LogP contribution is 2.31. The van der Waals surface area contributed by atoms with Crippen LogP contribution < -0.4 is 5.32 Å². The fourth-order valence-corrected chi connectivity index (χ4v) is 2.62. The van der Waals surface area contributed by atoms with Crippen molar-refractivity contribution in [3.63, 3.8) is 0 Å². The molecule has 92 valence electrons. The molecule has 17 heavy (non-hydrogen) atoms. The van der Waals surface area contributed by atoms with E-state index in [9.17, 15) is 9.59 Å². The molecular weight excluding hydrogens is 242 g/mol. The number of carbonyl (C=O) groups excluding carboxylic acids is 1. The maximum atomic E-state index is 11.6. The molecule has 2 N–H and O–H groups in total. The summed E-state index contributed by atoms with van der Waals surface area (Å²) in [7, 11) is 0. The van der Waals surface area contributed by atoms with E-state index in [4.69, 9.17) is 5.11 Å². The molecule has 7 heteroatoms. The Balaban J connectivity index is 1.86. The van der Waals surface area contributed by atoms with E-state index in [-0.39, 0.29) is 17.7 Å². The van der Waals surface area contributed by atoms with Crippen LogP contribution in [-0.4, -0.2) is 33.1 Å². The average molecular weight is 255 g/mol. The van der Waals surface area contributed by atoms with Gasteiger partial charge in [-0.05, 0) is 30.3 Å². The van der Waals surface area contributed by atoms with E-state index in [1.807, 2.05) is 0 Å². The number of carboxylic acids is 1. The van der Waals surface area contributed by atoms with Crippen molar-refractivity contribution >= 4 is 23.4 Å². The Kier molecular flexibility index (Phi) is 3.68. The number of nitrogens with zero attached hydrogens (tertiary/aromatic N) is 2. The first-order valence-corrected chi connectivity index (χ1v) is 6.30. The minimum absolute atomic E-state index is 0.0306. The smallest absolute Gasteiger partial charge is 0.306 e. The fourth-order valence-electron chi connectivity index (χ4n) is 2.18. The van der Waals surface area contributed by atoms with Crippen LogP contribution >= 0.6 is 11.5 Å². The number of amides is 1. The Morgan fingerprint density at radius 1 is 1.53 bits per heavy atom. The summed E-state index contributed by atoms with van der Waals surface area (Å²) in [5.74, 6) is -1.35. The molecular formula is C10H13N3O3S. The molecule has 0 saturated heterocycles. The van der Waals surface area contributed by atoms with Crippen molar-refractivity contribution in [2.75, 3.05) is 6.54 Å². The lowest BCUT2D eigenvalue weighted by atomic mass is 9.96. The Bertz CT molecular complexity index is 407. The van der Waals surface area contributed by atoms with E-state index in [1.54, 1.807) is 5.38 Å². The van der Waals surface area contributed by atoms with Crippen molar-refractivity contribution < 1.29 is 14.7 Å². The second-order valence-corrected chi connectivity index (χ2v) is 4.75. The first-order valence-electron chi connectivity index (χ1n) is 5.46. The van der Waals surface area contributed by atoms with Crippen LogP contribution in [0.25, 0.3) is 0 Å². The Morgan fingerprint density at radius 2 is 2.35 bits per heavy atom. The Hall–Kier alpha value is -1.50. The molecule has 6 nitrogen and oxygen atoms in total. The summed E-state index contributed by atoms with van der Waals surface area (Å²) in [5, 5.41) is 16.9. The van der Waals surface area contributed by atoms with E-state index in [0.29, 0.717) is 18.7 Å². The van der Waals surface area contributed by atoms with Crippen LogP contribution in [0.5, 0.6) is 0 Å². The second-order valence-electron chi connectivity index (χ2n) is 4.14. The van der Waals surface area contributed by atoms with Gasteiger partial charge in [-0.2, -0.15) is 0 Å². The van der Waals surface area contributed by atoms with Gasteiger partial charge in [0.25, 0.3) is 5.91 Å². The van der Waals surface area contributed by atoms with Gasteiger partial charge in [-0.1, -0.05) is 10.9 Å². The van der Waals surface area contributed by atoms with Gasteiger partial charge in [-0.15, -0.1) is 5.10 Å². The first-order chi connectivity index (χ1) is 8.18. The molecule has 1 fully saturated rings. The number of nitrogens with one attached hydrogen (secondary N) is 1. The molecule has 2 atom stereocenters. The molecule has 1 saturated carbocycles. The number of hydrogen-bond acceptors (Lipinski definition) is 5. The van der Waals surface area contributed by atoms with E-state index < -0.39 is 5.97 Å². The monoisotopic (exact) mass is 255 g/mol. The van der Waals surface area contributed by atoms with Gasteiger partial charge in [-0.25, -0.2) is 0 Å². The van der Waals surface area contributed by atoms with E-state index >= 15 is 0 Å². The van der Waals surface area contributed by atoms with Crippen molar-refractivity contribution in [1.82, 2.24) is 14.9 Å². The highest BCUT2D eigenvalue weighted by molar-refractivity contribution is 7.03. The van der Waals surface area contributed by atoms with Gasteiger partial charge in [0.15, 0.2) is 5.69 Å². The highest BCUT2D eigenvalue weighted by atomic mass is 32.1. The summed E-state index contributed by atoms with van der Waals surface area (Å²) in [6.07, 6.45) is 2.47. The van der Waals surface area contributed by atoms with Crippen LogP contribution in [-0.2, 0) is 4.79 Å². The average Bonchev–Trinajstić information content (AvgIpc) is 2.96. The van der Waals surface area contributed by atoms with Gasteiger partial charge in [0.05, 0.1) is 5.92 Å². The molecule has 1 aliphatic rings. The maximum absolute atomic E-state index is 11.6. The van der Waals surface area contributed by atoms with Crippen molar-refractivity contribution in [3.8, 4) is 0 Å². The molecule has 0 spiro atoms. The highest BCUT2D eigenvalue weighted by Gasteiger charge is 2.32. The van der Waals surface area contributed by atoms with Crippen LogP contribution in [0.15, 0.2) is 5.38 Å². The standard InChI is InChI=1S/C10H13N3O3S/c14-9(8-5-17-13-12-8)11-4-6-2-1-3-7(6)10(15)16/h5-7H,1-4H2,(H,11,14)(H,15,16). The van der Waals surface area contributed by atoms with Crippen LogP contribution in [0.4, 0.5) is 0 Å². The summed E-state index contributed by atoms with van der Waals surface area (Å²) in [5.41, 5.74) is 0.292. The van der Waals surface area contributed by atoms with Crippen LogP contribution in [0.1, 0.15) is 29.8 Å². The normalized spacial score (nSPS) is 23.5. The fraction of sp³-hybridized carbons (Fsp3) is 0.600. The predicted molar refractivity (Wildman–Crippen MR) is 60.7 cm³/mol. The van der Waals surface area contributed by atoms with Crippen molar-refractivity contribution in [2.45, 2.75) is 19.3 Å². The van der Waals surface area contributed by atoms with Gasteiger partial charge in [0.1, 0.15) is 0 Å². The number of hydrogen-bond donors (Lipinski definition) is 2. The number of aliphatic carboxylic acids is 1. The van der Waals surface area contributed by atoms with Crippen molar-refractivity contribution in [3.05, 3.63) is 11.1 Å². The summed E-state index contributed by atoms with van der Waals surface area (Å²) in [4.78, 5) is 22.5. The zero-order chi connectivity index (χ0) is 12.3. The zero-order valence-electron chi connectivity index (χ0n) is 9.13. The zero-order valence-corrected chi connectivity index (χ0v) is 9.94. The molecule has 2 unspecified atom stereocenters. The number of aromatic nitrogens is 2. The number of carboxylic acid groups (broad SMARTS) is 1. The molecule has 1 heterocycles. The van der Waals surface area contributed by atoms with Crippen LogP contribution in [0.2, 0.25) is 0 Å². The van der Waals surface area contributed by atoms with E-state index in [0.717, 1.165) is 24.4 Å². The lowest BCUT2D eigenvalue weighted by Gasteiger charge is -2.15. The van der Waals surface area contributed by atoms with Gasteiger partial charge in [0.2, 0.25) is 0 Å². The lowest BCUT2D eigenvalue weighted by Crippen LogP contribution is -2.33. The van der Waals surface area contributed by atoms with E-state index in [1.165, 1.54) is 0 Å². The maximum Gasteiger partial charge on any atom is 0.306 e. The third-order valence-electron chi connectivity index (χ3n) is 3.09. The molecule has 1 aromatic rings. The first kappa shape index (κ1) is 12.0. The third kappa shape index (κ3) is 2.79. The molecule has 2 rings (SSSR count). The van der Waals surface area contributed by atoms with Crippen LogP contribution in [0, 0.1) is 11.8 Å². The molecule has 0 aliphatic heterocycles.